The quantitative estimate of drug-likeness (QED) is 0.293. The molecule has 2 aliphatic heterocycles. The van der Waals surface area contributed by atoms with Gasteiger partial charge < -0.3 is 18.6 Å². The van der Waals surface area contributed by atoms with Crippen LogP contribution in [-0.4, -0.2) is 29.0 Å². The minimum absolute atomic E-state index is 0.0467. The van der Waals surface area contributed by atoms with E-state index >= 15 is 0 Å². The Balaban J connectivity index is 1.43. The average Bonchev–Trinajstić information content (AvgIpc) is 3.23. The fraction of sp³-hybridized carbons (Fsp3) is 0.192. The zero-order chi connectivity index (χ0) is 25.2. The predicted molar refractivity (Wildman–Crippen MR) is 129 cm³/mol. The molecule has 6 rings (SSSR count). The van der Waals surface area contributed by atoms with E-state index in [0.717, 1.165) is 5.56 Å². The Morgan fingerprint density at radius 2 is 1.89 bits per heavy atom. The van der Waals surface area contributed by atoms with Crippen LogP contribution in [-0.2, 0) is 38.4 Å². The fourth-order valence-corrected chi connectivity index (χ4v) is 5.72. The molecule has 9 nitrogen and oxygen atoms in total. The van der Waals surface area contributed by atoms with Gasteiger partial charge >= 0.3 is 16.1 Å². The first kappa shape index (κ1) is 22.4. The lowest BCUT2D eigenvalue weighted by Gasteiger charge is -2.31. The molecule has 0 amide bonds. The van der Waals surface area contributed by atoms with E-state index in [0.29, 0.717) is 22.3 Å². The van der Waals surface area contributed by atoms with Gasteiger partial charge in [-0.15, -0.1) is 0 Å². The molecule has 1 atom stereocenters. The molecule has 0 saturated carbocycles. The first-order valence-corrected chi connectivity index (χ1v) is 12.7. The maximum Gasteiger partial charge on any atom is 0.343 e. The molecule has 0 bridgehead atoms. The summed E-state index contributed by atoms with van der Waals surface area (Å²) < 4.78 is 37.2. The number of hydrogen-bond acceptors (Lipinski definition) is 8. The molecule has 0 spiro atoms. The third-order valence-corrected chi connectivity index (χ3v) is 7.98. The van der Waals surface area contributed by atoms with Crippen molar-refractivity contribution in [1.29, 1.82) is 0 Å². The zero-order valence-electron chi connectivity index (χ0n) is 19.1. The van der Waals surface area contributed by atoms with Crippen molar-refractivity contribution in [2.75, 3.05) is 0 Å². The molecule has 0 fully saturated rings. The Hall–Kier alpha value is -4.02. The summed E-state index contributed by atoms with van der Waals surface area (Å²) >= 11 is 0. The number of hydrogen-bond donors (Lipinski definition) is 1. The highest BCUT2D eigenvalue weighted by molar-refractivity contribution is 7.87. The number of cyclic esters (lactones) is 1. The van der Waals surface area contributed by atoms with E-state index in [-0.39, 0.29) is 46.9 Å². The largest absolute Gasteiger partial charge is 0.458 e. The Morgan fingerprint density at radius 3 is 2.64 bits per heavy atom. The topological polar surface area (TPSA) is 125 Å². The van der Waals surface area contributed by atoms with Gasteiger partial charge in [-0.1, -0.05) is 25.1 Å². The van der Waals surface area contributed by atoms with E-state index in [9.17, 15) is 23.1 Å². The van der Waals surface area contributed by atoms with Gasteiger partial charge in [0.1, 0.15) is 17.3 Å². The first-order valence-electron chi connectivity index (χ1n) is 11.3. The second-order valence-electron chi connectivity index (χ2n) is 8.80. The first-order chi connectivity index (χ1) is 17.2. The van der Waals surface area contributed by atoms with Gasteiger partial charge in [0.2, 0.25) is 0 Å². The second-order valence-corrected chi connectivity index (χ2v) is 10.4. The van der Waals surface area contributed by atoms with E-state index in [1.54, 1.807) is 47.9 Å². The smallest absolute Gasteiger partial charge is 0.343 e. The Morgan fingerprint density at radius 1 is 1.11 bits per heavy atom. The number of pyridine rings is 2. The Labute approximate surface area is 205 Å². The monoisotopic (exact) mass is 504 g/mol. The summed E-state index contributed by atoms with van der Waals surface area (Å²) in [6, 6.07) is 16.1. The van der Waals surface area contributed by atoms with E-state index in [2.05, 4.69) is 0 Å². The average molecular weight is 505 g/mol. The van der Waals surface area contributed by atoms with Crippen molar-refractivity contribution in [3.8, 4) is 17.1 Å². The number of aliphatic hydroxyl groups is 1. The highest BCUT2D eigenvalue weighted by Crippen LogP contribution is 2.39. The van der Waals surface area contributed by atoms with Crippen LogP contribution in [0, 0.1) is 0 Å². The van der Waals surface area contributed by atoms with Crippen molar-refractivity contribution in [3.63, 3.8) is 0 Å². The SMILES string of the molecule is CCC1(O)C(=O)OCc2c1cc1n(c2=O)Cc2cc3cc(OS(=O)(=O)c4ccccc4)ccc3nc2-1. The number of rotatable bonds is 4. The van der Waals surface area contributed by atoms with E-state index < -0.39 is 21.7 Å². The number of nitrogens with zero attached hydrogens (tertiary/aromatic N) is 2. The van der Waals surface area contributed by atoms with Crippen LogP contribution in [0.1, 0.15) is 30.0 Å². The highest BCUT2D eigenvalue weighted by atomic mass is 32.2. The van der Waals surface area contributed by atoms with Crippen molar-refractivity contribution < 1.29 is 27.2 Å². The van der Waals surface area contributed by atoms with Gasteiger partial charge in [-0.05, 0) is 48.9 Å². The molecule has 4 aromatic rings. The lowest BCUT2D eigenvalue weighted by molar-refractivity contribution is -0.172. The van der Waals surface area contributed by atoms with Crippen LogP contribution in [0.5, 0.6) is 5.75 Å². The van der Waals surface area contributed by atoms with Crippen LogP contribution in [0.25, 0.3) is 22.3 Å². The van der Waals surface area contributed by atoms with Crippen molar-refractivity contribution >= 4 is 27.0 Å². The van der Waals surface area contributed by atoms with Gasteiger partial charge in [0.15, 0.2) is 5.60 Å². The van der Waals surface area contributed by atoms with Crippen LogP contribution in [0.2, 0.25) is 0 Å². The summed E-state index contributed by atoms with van der Waals surface area (Å²) in [5.74, 6) is -0.635. The second kappa shape index (κ2) is 7.74. The van der Waals surface area contributed by atoms with Crippen LogP contribution >= 0.6 is 0 Å². The third-order valence-electron chi connectivity index (χ3n) is 6.72. The number of aromatic nitrogens is 2. The summed E-state index contributed by atoms with van der Waals surface area (Å²) in [6.07, 6.45) is 0.0639. The maximum atomic E-state index is 13.3. The lowest BCUT2D eigenvalue weighted by Crippen LogP contribution is -2.44. The van der Waals surface area contributed by atoms with Crippen LogP contribution in [0.3, 0.4) is 0 Å². The molecule has 10 heteroatoms. The molecule has 36 heavy (non-hydrogen) atoms. The molecule has 0 radical (unpaired) electrons. The van der Waals surface area contributed by atoms with Gasteiger partial charge in [0, 0.05) is 16.5 Å². The van der Waals surface area contributed by atoms with Gasteiger partial charge in [0.05, 0.1) is 29.0 Å². The van der Waals surface area contributed by atoms with E-state index in [1.807, 2.05) is 6.07 Å². The summed E-state index contributed by atoms with van der Waals surface area (Å²) in [7, 11) is -4.00. The molecule has 1 N–H and O–H groups in total. The van der Waals surface area contributed by atoms with Gasteiger partial charge in [-0.25, -0.2) is 9.78 Å². The standard InChI is InChI=1S/C26H20N2O7S/c1-2-26(31)20-12-22-23-16(13-28(22)24(29)19(20)14-34-25(26)30)10-15-11-17(8-9-21(15)27-23)35-36(32,33)18-6-4-3-5-7-18/h3-12,31H,2,13-14H2,1H3. The van der Waals surface area contributed by atoms with Crippen LogP contribution < -0.4 is 9.74 Å². The molecule has 182 valence electrons. The number of ether oxygens (including phenoxy) is 1. The molecular formula is C26H20N2O7S. The van der Waals surface area contributed by atoms with E-state index in [4.69, 9.17) is 13.9 Å². The molecule has 2 aromatic heterocycles. The molecular weight excluding hydrogens is 484 g/mol. The molecule has 0 aliphatic carbocycles. The maximum absolute atomic E-state index is 13.3. The summed E-state index contributed by atoms with van der Waals surface area (Å²) in [4.78, 5) is 30.3. The number of esters is 1. The van der Waals surface area contributed by atoms with Crippen LogP contribution in [0.15, 0.2) is 70.4 Å². The van der Waals surface area contributed by atoms with Crippen molar-refractivity contribution in [2.45, 2.75) is 37.0 Å². The van der Waals surface area contributed by atoms with E-state index in [1.165, 1.54) is 18.2 Å². The van der Waals surface area contributed by atoms with Crippen molar-refractivity contribution in [3.05, 3.63) is 87.7 Å². The molecule has 2 aromatic carbocycles. The van der Waals surface area contributed by atoms with Gasteiger partial charge in [-0.2, -0.15) is 8.42 Å². The summed E-state index contributed by atoms with van der Waals surface area (Å²) in [6.45, 7) is 1.70. The molecule has 4 heterocycles. The fourth-order valence-electron chi connectivity index (χ4n) is 4.78. The van der Waals surface area contributed by atoms with Gasteiger partial charge in [-0.3, -0.25) is 4.79 Å². The highest BCUT2D eigenvalue weighted by Gasteiger charge is 2.45. The minimum Gasteiger partial charge on any atom is -0.458 e. The molecule has 1 unspecified atom stereocenters. The number of carbonyl (C=O) groups is 1. The number of carbonyl (C=O) groups excluding carboxylic acids is 1. The Kier molecular flexibility index (Phi) is 4.83. The normalized spacial score (nSPS) is 18.3. The van der Waals surface area contributed by atoms with Crippen LogP contribution in [0.4, 0.5) is 0 Å². The summed E-state index contributed by atoms with van der Waals surface area (Å²) in [5, 5.41) is 11.6. The molecule has 2 aliphatic rings. The third kappa shape index (κ3) is 3.25. The Bertz CT molecular complexity index is 1750. The zero-order valence-corrected chi connectivity index (χ0v) is 19.9. The lowest BCUT2D eigenvalue weighted by atomic mass is 9.86. The number of fused-ring (bicyclic) bond motifs is 5. The summed E-state index contributed by atoms with van der Waals surface area (Å²) in [5.41, 5.74) is 0.651. The minimum atomic E-state index is -4.00. The van der Waals surface area contributed by atoms with Crippen molar-refractivity contribution in [2.24, 2.45) is 0 Å². The van der Waals surface area contributed by atoms with Crippen molar-refractivity contribution in [1.82, 2.24) is 9.55 Å². The molecule has 0 saturated heterocycles. The van der Waals surface area contributed by atoms with Gasteiger partial charge in [0.25, 0.3) is 5.56 Å². The number of benzene rings is 2. The predicted octanol–water partition coefficient (Wildman–Crippen LogP) is 2.85.